The number of hydrogen-bond donors (Lipinski definition) is 1. The molecule has 1 aromatic carbocycles. The molecule has 0 bridgehead atoms. The first kappa shape index (κ1) is 14.8. The van der Waals surface area contributed by atoms with Crippen molar-refractivity contribution in [1.29, 1.82) is 0 Å². The molecule has 1 aliphatic heterocycles. The fourth-order valence-corrected chi connectivity index (χ4v) is 3.19. The standard InChI is InChI=1S/C17H23NO2/c1-12(2)9-14-16(20)18-15(19)11-17(14,3)10-13-7-5-4-6-8-13/h4-8,12,14H,9-11H2,1-3H3,(H,18,19,20). The van der Waals surface area contributed by atoms with Gasteiger partial charge < -0.3 is 0 Å². The molecule has 0 aliphatic carbocycles. The van der Waals surface area contributed by atoms with Crippen molar-refractivity contribution in [3.05, 3.63) is 35.9 Å². The highest BCUT2D eigenvalue weighted by Crippen LogP contribution is 2.41. The molecule has 0 aromatic heterocycles. The van der Waals surface area contributed by atoms with Crippen molar-refractivity contribution in [3.8, 4) is 0 Å². The fourth-order valence-electron chi connectivity index (χ4n) is 3.19. The number of amides is 2. The number of rotatable bonds is 4. The van der Waals surface area contributed by atoms with Gasteiger partial charge in [0.1, 0.15) is 0 Å². The van der Waals surface area contributed by atoms with Crippen LogP contribution in [0.4, 0.5) is 0 Å². The highest BCUT2D eigenvalue weighted by atomic mass is 16.2. The molecule has 0 spiro atoms. The van der Waals surface area contributed by atoms with Crippen molar-refractivity contribution in [2.24, 2.45) is 17.3 Å². The van der Waals surface area contributed by atoms with E-state index in [1.807, 2.05) is 18.2 Å². The van der Waals surface area contributed by atoms with Gasteiger partial charge >= 0.3 is 0 Å². The smallest absolute Gasteiger partial charge is 0.230 e. The molecule has 20 heavy (non-hydrogen) atoms. The summed E-state index contributed by atoms with van der Waals surface area (Å²) in [5.41, 5.74) is 0.900. The molecular weight excluding hydrogens is 250 g/mol. The van der Waals surface area contributed by atoms with Crippen molar-refractivity contribution in [3.63, 3.8) is 0 Å². The molecule has 2 amide bonds. The molecule has 1 heterocycles. The Labute approximate surface area is 120 Å². The van der Waals surface area contributed by atoms with Crippen LogP contribution in [0.15, 0.2) is 30.3 Å². The van der Waals surface area contributed by atoms with E-state index in [2.05, 4.69) is 38.2 Å². The lowest BCUT2D eigenvalue weighted by Crippen LogP contribution is -2.52. The first-order valence-corrected chi connectivity index (χ1v) is 7.28. The molecule has 1 saturated heterocycles. The predicted octanol–water partition coefficient (Wildman–Crippen LogP) is 2.94. The summed E-state index contributed by atoms with van der Waals surface area (Å²) in [6.07, 6.45) is 2.01. The molecule has 108 valence electrons. The fraction of sp³-hybridized carbons (Fsp3) is 0.529. The van der Waals surface area contributed by atoms with Crippen molar-refractivity contribution in [2.45, 2.75) is 40.0 Å². The zero-order valence-corrected chi connectivity index (χ0v) is 12.5. The summed E-state index contributed by atoms with van der Waals surface area (Å²) in [5.74, 6) is 0.0938. The van der Waals surface area contributed by atoms with Crippen LogP contribution in [-0.2, 0) is 16.0 Å². The lowest BCUT2D eigenvalue weighted by Gasteiger charge is -2.40. The normalized spacial score (nSPS) is 26.7. The van der Waals surface area contributed by atoms with Gasteiger partial charge in [-0.2, -0.15) is 0 Å². The second-order valence-electron chi connectivity index (χ2n) is 6.59. The molecule has 2 atom stereocenters. The van der Waals surface area contributed by atoms with E-state index in [9.17, 15) is 9.59 Å². The average Bonchev–Trinajstić information content (AvgIpc) is 2.34. The molecule has 2 unspecified atom stereocenters. The molecule has 2 rings (SSSR count). The Balaban J connectivity index is 2.26. The minimum Gasteiger partial charge on any atom is -0.296 e. The third-order valence-corrected chi connectivity index (χ3v) is 4.14. The Morgan fingerprint density at radius 2 is 1.90 bits per heavy atom. The van der Waals surface area contributed by atoms with Gasteiger partial charge in [-0.25, -0.2) is 0 Å². The third-order valence-electron chi connectivity index (χ3n) is 4.14. The van der Waals surface area contributed by atoms with E-state index < -0.39 is 0 Å². The minimum absolute atomic E-state index is 0.0968. The monoisotopic (exact) mass is 273 g/mol. The van der Waals surface area contributed by atoms with E-state index in [-0.39, 0.29) is 23.1 Å². The summed E-state index contributed by atoms with van der Waals surface area (Å²) in [6, 6.07) is 10.1. The lowest BCUT2D eigenvalue weighted by molar-refractivity contribution is -0.143. The summed E-state index contributed by atoms with van der Waals surface area (Å²) in [5, 5.41) is 2.50. The molecule has 1 fully saturated rings. The van der Waals surface area contributed by atoms with Gasteiger partial charge in [-0.15, -0.1) is 0 Å². The Morgan fingerprint density at radius 3 is 2.50 bits per heavy atom. The zero-order valence-electron chi connectivity index (χ0n) is 12.5. The number of hydrogen-bond acceptors (Lipinski definition) is 2. The van der Waals surface area contributed by atoms with Gasteiger partial charge in [-0.1, -0.05) is 51.1 Å². The number of imide groups is 1. The predicted molar refractivity (Wildman–Crippen MR) is 79.0 cm³/mol. The first-order chi connectivity index (χ1) is 9.40. The molecule has 3 heteroatoms. The Hall–Kier alpha value is -1.64. The van der Waals surface area contributed by atoms with E-state index in [0.717, 1.165) is 12.8 Å². The largest absolute Gasteiger partial charge is 0.296 e. The Morgan fingerprint density at radius 1 is 1.25 bits per heavy atom. The Kier molecular flexibility index (Phi) is 4.26. The van der Waals surface area contributed by atoms with Gasteiger partial charge in [-0.05, 0) is 29.7 Å². The van der Waals surface area contributed by atoms with E-state index in [0.29, 0.717) is 12.3 Å². The molecule has 1 N–H and O–H groups in total. The number of nitrogens with one attached hydrogen (secondary N) is 1. The second kappa shape index (κ2) is 5.78. The van der Waals surface area contributed by atoms with Crippen LogP contribution in [0.1, 0.15) is 39.2 Å². The van der Waals surface area contributed by atoms with Gasteiger partial charge in [0.2, 0.25) is 11.8 Å². The van der Waals surface area contributed by atoms with Gasteiger partial charge in [0.15, 0.2) is 0 Å². The van der Waals surface area contributed by atoms with E-state index in [1.54, 1.807) is 0 Å². The number of benzene rings is 1. The van der Waals surface area contributed by atoms with Crippen LogP contribution >= 0.6 is 0 Å². The van der Waals surface area contributed by atoms with Crippen LogP contribution in [0.25, 0.3) is 0 Å². The van der Waals surface area contributed by atoms with Gasteiger partial charge in [-0.3, -0.25) is 14.9 Å². The molecule has 3 nitrogen and oxygen atoms in total. The second-order valence-corrected chi connectivity index (χ2v) is 6.59. The highest BCUT2D eigenvalue weighted by molar-refractivity contribution is 5.99. The van der Waals surface area contributed by atoms with Crippen molar-refractivity contribution < 1.29 is 9.59 Å². The van der Waals surface area contributed by atoms with Gasteiger partial charge in [0, 0.05) is 12.3 Å². The van der Waals surface area contributed by atoms with Crippen LogP contribution in [0, 0.1) is 17.3 Å². The first-order valence-electron chi connectivity index (χ1n) is 7.28. The van der Waals surface area contributed by atoms with E-state index in [4.69, 9.17) is 0 Å². The van der Waals surface area contributed by atoms with Gasteiger partial charge in [0.25, 0.3) is 0 Å². The SMILES string of the molecule is CC(C)CC1C(=O)NC(=O)CC1(C)Cc1ccccc1. The summed E-state index contributed by atoms with van der Waals surface area (Å²) in [4.78, 5) is 24.0. The molecule has 0 radical (unpaired) electrons. The maximum absolute atomic E-state index is 12.2. The highest BCUT2D eigenvalue weighted by Gasteiger charge is 2.45. The number of carbonyl (C=O) groups excluding carboxylic acids is 2. The van der Waals surface area contributed by atoms with Crippen molar-refractivity contribution in [2.75, 3.05) is 0 Å². The van der Waals surface area contributed by atoms with Crippen molar-refractivity contribution in [1.82, 2.24) is 5.32 Å². The summed E-state index contributed by atoms with van der Waals surface area (Å²) < 4.78 is 0. The molecule has 0 saturated carbocycles. The summed E-state index contributed by atoms with van der Waals surface area (Å²) in [6.45, 7) is 6.31. The van der Waals surface area contributed by atoms with Crippen LogP contribution in [-0.4, -0.2) is 11.8 Å². The van der Waals surface area contributed by atoms with Crippen LogP contribution in [0.2, 0.25) is 0 Å². The lowest BCUT2D eigenvalue weighted by atomic mass is 9.65. The summed E-state index contributed by atoms with van der Waals surface area (Å²) in [7, 11) is 0. The number of carbonyl (C=O) groups is 2. The van der Waals surface area contributed by atoms with Crippen LogP contribution < -0.4 is 5.32 Å². The third kappa shape index (κ3) is 3.27. The minimum atomic E-state index is -0.287. The van der Waals surface area contributed by atoms with E-state index >= 15 is 0 Å². The maximum atomic E-state index is 12.2. The van der Waals surface area contributed by atoms with Crippen LogP contribution in [0.5, 0.6) is 0 Å². The molecular formula is C17H23NO2. The van der Waals surface area contributed by atoms with E-state index in [1.165, 1.54) is 5.56 Å². The molecule has 1 aromatic rings. The van der Waals surface area contributed by atoms with Gasteiger partial charge in [0.05, 0.1) is 0 Å². The quantitative estimate of drug-likeness (QED) is 0.857. The van der Waals surface area contributed by atoms with Crippen LogP contribution in [0.3, 0.4) is 0 Å². The molecule has 1 aliphatic rings. The van der Waals surface area contributed by atoms with Crippen molar-refractivity contribution >= 4 is 11.8 Å². The topological polar surface area (TPSA) is 46.2 Å². The number of piperidine rings is 1. The Bertz CT molecular complexity index is 495. The maximum Gasteiger partial charge on any atom is 0.230 e. The summed E-state index contributed by atoms with van der Waals surface area (Å²) >= 11 is 0. The zero-order chi connectivity index (χ0) is 14.8. The average molecular weight is 273 g/mol.